The molecule has 0 saturated heterocycles. The van der Waals surface area contributed by atoms with Crippen LogP contribution < -0.4 is 5.32 Å². The quantitative estimate of drug-likeness (QED) is 0.455. The van der Waals surface area contributed by atoms with Crippen LogP contribution in [-0.2, 0) is 0 Å². The van der Waals surface area contributed by atoms with Gasteiger partial charge >= 0.3 is 0 Å². The van der Waals surface area contributed by atoms with E-state index in [4.69, 9.17) is 0 Å². The van der Waals surface area contributed by atoms with Crippen molar-refractivity contribution >= 4 is 0 Å². The van der Waals surface area contributed by atoms with Gasteiger partial charge in [0.2, 0.25) is 0 Å². The Bertz CT molecular complexity index is 234. The molecule has 0 aromatic heterocycles. The third-order valence-corrected chi connectivity index (χ3v) is 5.07. The summed E-state index contributed by atoms with van der Waals surface area (Å²) in [4.78, 5) is 0. The Morgan fingerprint density at radius 3 is 2.58 bits per heavy atom. The van der Waals surface area contributed by atoms with E-state index in [1.54, 1.807) is 0 Å². The van der Waals surface area contributed by atoms with Crippen molar-refractivity contribution in [3.05, 3.63) is 12.7 Å². The average molecular weight is 265 g/mol. The number of allylic oxidation sites excluding steroid dienone is 1. The summed E-state index contributed by atoms with van der Waals surface area (Å²) in [5.41, 5.74) is 0. The molecule has 0 aromatic carbocycles. The van der Waals surface area contributed by atoms with Crippen molar-refractivity contribution in [1.82, 2.24) is 5.32 Å². The molecule has 1 aliphatic rings. The molecule has 0 bridgehead atoms. The molecule has 1 rings (SSSR count). The molecule has 19 heavy (non-hydrogen) atoms. The molecule has 1 saturated carbocycles. The van der Waals surface area contributed by atoms with Crippen LogP contribution in [0, 0.1) is 23.7 Å². The van der Waals surface area contributed by atoms with E-state index >= 15 is 0 Å². The van der Waals surface area contributed by atoms with Crippen LogP contribution in [0.5, 0.6) is 0 Å². The van der Waals surface area contributed by atoms with Crippen LogP contribution in [0.1, 0.15) is 65.2 Å². The molecule has 1 aliphatic carbocycles. The Hall–Kier alpha value is -0.300. The Morgan fingerprint density at radius 2 is 1.95 bits per heavy atom. The van der Waals surface area contributed by atoms with E-state index in [2.05, 4.69) is 38.9 Å². The van der Waals surface area contributed by atoms with E-state index in [0.717, 1.165) is 23.7 Å². The van der Waals surface area contributed by atoms with Crippen molar-refractivity contribution in [2.45, 2.75) is 65.2 Å². The van der Waals surface area contributed by atoms with Gasteiger partial charge < -0.3 is 5.32 Å². The maximum absolute atomic E-state index is 3.81. The first-order chi connectivity index (χ1) is 9.19. The molecule has 1 N–H and O–H groups in total. The summed E-state index contributed by atoms with van der Waals surface area (Å²) in [6, 6.07) is 0. The van der Waals surface area contributed by atoms with Crippen molar-refractivity contribution in [1.29, 1.82) is 0 Å². The highest BCUT2D eigenvalue weighted by Gasteiger charge is 2.30. The molecule has 1 fully saturated rings. The van der Waals surface area contributed by atoms with E-state index in [9.17, 15) is 0 Å². The Balaban J connectivity index is 2.35. The van der Waals surface area contributed by atoms with E-state index in [1.165, 1.54) is 57.9 Å². The van der Waals surface area contributed by atoms with E-state index in [0.29, 0.717) is 0 Å². The molecule has 3 atom stereocenters. The minimum absolute atomic E-state index is 0.874. The highest BCUT2D eigenvalue weighted by atomic mass is 14.8. The van der Waals surface area contributed by atoms with Crippen LogP contribution in [0.2, 0.25) is 0 Å². The van der Waals surface area contributed by atoms with Gasteiger partial charge in [-0.1, -0.05) is 39.2 Å². The van der Waals surface area contributed by atoms with Crippen molar-refractivity contribution in [3.8, 4) is 0 Å². The van der Waals surface area contributed by atoms with Crippen molar-refractivity contribution in [2.75, 3.05) is 13.6 Å². The monoisotopic (exact) mass is 265 g/mol. The van der Waals surface area contributed by atoms with Gasteiger partial charge in [-0.25, -0.2) is 0 Å². The minimum Gasteiger partial charge on any atom is -0.319 e. The van der Waals surface area contributed by atoms with Gasteiger partial charge in [-0.2, -0.15) is 0 Å². The first kappa shape index (κ1) is 16.8. The van der Waals surface area contributed by atoms with Crippen molar-refractivity contribution in [2.24, 2.45) is 23.7 Å². The summed E-state index contributed by atoms with van der Waals surface area (Å²) >= 11 is 0. The van der Waals surface area contributed by atoms with Gasteiger partial charge in [0.25, 0.3) is 0 Å². The topological polar surface area (TPSA) is 12.0 Å². The highest BCUT2D eigenvalue weighted by Crippen LogP contribution is 2.39. The molecule has 0 aliphatic heterocycles. The largest absolute Gasteiger partial charge is 0.319 e. The Labute approximate surface area is 121 Å². The standard InChI is InChI=1S/C18H35N/c1-5-6-7-8-9-10-17-13-16(15(2)3)11-12-18(17)14-19-4/h5,15-19H,1,6-14H2,2-4H3. The molecule has 3 unspecified atom stereocenters. The molecule has 1 nitrogen and oxygen atoms in total. The lowest BCUT2D eigenvalue weighted by atomic mass is 9.69. The average Bonchev–Trinajstić information content (AvgIpc) is 2.40. The van der Waals surface area contributed by atoms with Crippen LogP contribution in [-0.4, -0.2) is 13.6 Å². The fourth-order valence-electron chi connectivity index (χ4n) is 3.72. The predicted octanol–water partition coefficient (Wildman–Crippen LogP) is 5.03. The Morgan fingerprint density at radius 1 is 1.16 bits per heavy atom. The first-order valence-electron chi connectivity index (χ1n) is 8.44. The molecular formula is C18H35N. The number of hydrogen-bond acceptors (Lipinski definition) is 1. The lowest BCUT2D eigenvalue weighted by molar-refractivity contribution is 0.137. The summed E-state index contributed by atoms with van der Waals surface area (Å²) in [5.74, 6) is 3.75. The molecule has 112 valence electrons. The predicted molar refractivity (Wildman–Crippen MR) is 86.4 cm³/mol. The lowest BCUT2D eigenvalue weighted by Gasteiger charge is -2.38. The van der Waals surface area contributed by atoms with Crippen LogP contribution in [0.25, 0.3) is 0 Å². The van der Waals surface area contributed by atoms with Gasteiger partial charge in [0.1, 0.15) is 0 Å². The van der Waals surface area contributed by atoms with Gasteiger partial charge in [0, 0.05) is 0 Å². The number of hydrogen-bond donors (Lipinski definition) is 1. The SMILES string of the molecule is C=CCCCCCC1CC(C(C)C)CCC1CNC. The normalized spacial score (nSPS) is 27.7. The first-order valence-corrected chi connectivity index (χ1v) is 8.44. The van der Waals surface area contributed by atoms with E-state index in [1.807, 2.05) is 0 Å². The maximum atomic E-state index is 3.81. The molecule has 1 heteroatoms. The number of rotatable bonds is 9. The second kappa shape index (κ2) is 9.58. The summed E-state index contributed by atoms with van der Waals surface area (Å²) in [7, 11) is 2.11. The molecule has 0 spiro atoms. The van der Waals surface area contributed by atoms with Gasteiger partial charge in [0.05, 0.1) is 0 Å². The van der Waals surface area contributed by atoms with Crippen LogP contribution >= 0.6 is 0 Å². The van der Waals surface area contributed by atoms with Crippen LogP contribution in [0.4, 0.5) is 0 Å². The molecule has 0 heterocycles. The van der Waals surface area contributed by atoms with Crippen molar-refractivity contribution in [3.63, 3.8) is 0 Å². The van der Waals surface area contributed by atoms with E-state index < -0.39 is 0 Å². The number of nitrogens with one attached hydrogen (secondary N) is 1. The fourth-order valence-corrected chi connectivity index (χ4v) is 3.72. The second-order valence-corrected chi connectivity index (χ2v) is 6.82. The van der Waals surface area contributed by atoms with Gasteiger partial charge in [0.15, 0.2) is 0 Å². The molecule has 0 aromatic rings. The zero-order chi connectivity index (χ0) is 14.1. The summed E-state index contributed by atoms with van der Waals surface area (Å²) in [6.45, 7) is 9.84. The zero-order valence-electron chi connectivity index (χ0n) is 13.5. The smallest absolute Gasteiger partial charge is 0.00209 e. The highest BCUT2D eigenvalue weighted by molar-refractivity contribution is 4.82. The van der Waals surface area contributed by atoms with Crippen LogP contribution in [0.15, 0.2) is 12.7 Å². The molecular weight excluding hydrogens is 230 g/mol. The number of unbranched alkanes of at least 4 members (excludes halogenated alkanes) is 3. The maximum Gasteiger partial charge on any atom is -0.00209 e. The third-order valence-electron chi connectivity index (χ3n) is 5.07. The zero-order valence-corrected chi connectivity index (χ0v) is 13.5. The third kappa shape index (κ3) is 6.12. The van der Waals surface area contributed by atoms with E-state index in [-0.39, 0.29) is 0 Å². The summed E-state index contributed by atoms with van der Waals surface area (Å²) in [6.07, 6.45) is 13.2. The van der Waals surface area contributed by atoms with Gasteiger partial charge in [-0.3, -0.25) is 0 Å². The summed E-state index contributed by atoms with van der Waals surface area (Å²) in [5, 5.41) is 3.41. The van der Waals surface area contributed by atoms with Gasteiger partial charge in [-0.05, 0) is 69.4 Å². The Kier molecular flexibility index (Phi) is 8.45. The van der Waals surface area contributed by atoms with Crippen molar-refractivity contribution < 1.29 is 0 Å². The lowest BCUT2D eigenvalue weighted by Crippen LogP contribution is -2.33. The van der Waals surface area contributed by atoms with Gasteiger partial charge in [-0.15, -0.1) is 6.58 Å². The van der Waals surface area contributed by atoms with Crippen LogP contribution in [0.3, 0.4) is 0 Å². The fraction of sp³-hybridized carbons (Fsp3) is 0.889. The molecule has 0 amide bonds. The minimum atomic E-state index is 0.874. The second-order valence-electron chi connectivity index (χ2n) is 6.82. The molecule has 0 radical (unpaired) electrons. The summed E-state index contributed by atoms with van der Waals surface area (Å²) < 4.78 is 0.